The maximum atomic E-state index is 12.5. The number of methoxy groups -OCH3 is 1. The normalized spacial score (nSPS) is 14.2. The van der Waals surface area contributed by atoms with Crippen molar-refractivity contribution < 1.29 is 14.3 Å². The van der Waals surface area contributed by atoms with E-state index in [0.29, 0.717) is 31.1 Å². The number of morpholine rings is 1. The Morgan fingerprint density at radius 2 is 2.12 bits per heavy atom. The average Bonchev–Trinajstić information content (AvgIpc) is 2.67. The van der Waals surface area contributed by atoms with Gasteiger partial charge in [0.2, 0.25) is 0 Å². The highest BCUT2D eigenvalue weighted by Crippen LogP contribution is 2.22. The minimum Gasteiger partial charge on any atom is -0.497 e. The summed E-state index contributed by atoms with van der Waals surface area (Å²) in [5, 5.41) is 2.94. The molecule has 1 aliphatic rings. The van der Waals surface area contributed by atoms with Gasteiger partial charge in [0.05, 0.1) is 25.9 Å². The molecule has 0 spiro atoms. The quantitative estimate of drug-likeness (QED) is 0.827. The van der Waals surface area contributed by atoms with Crippen LogP contribution in [-0.4, -0.2) is 44.3 Å². The van der Waals surface area contributed by atoms with Gasteiger partial charge in [-0.3, -0.25) is 4.79 Å². The zero-order valence-corrected chi connectivity index (χ0v) is 15.6. The van der Waals surface area contributed by atoms with Gasteiger partial charge in [-0.05, 0) is 51.8 Å². The van der Waals surface area contributed by atoms with E-state index in [0.717, 1.165) is 28.9 Å². The fraction of sp³-hybridized carbons (Fsp3) is 0.333. The van der Waals surface area contributed by atoms with E-state index in [1.54, 1.807) is 31.5 Å². The Kier molecular flexibility index (Phi) is 5.88. The van der Waals surface area contributed by atoms with E-state index in [1.165, 1.54) is 0 Å². The molecule has 0 atom stereocenters. The molecule has 6 nitrogen and oxygen atoms in total. The third kappa shape index (κ3) is 4.49. The number of hydrogen-bond donors (Lipinski definition) is 1. The Labute approximate surface area is 155 Å². The van der Waals surface area contributed by atoms with E-state index in [9.17, 15) is 4.79 Å². The lowest BCUT2D eigenvalue weighted by Crippen LogP contribution is -2.36. The van der Waals surface area contributed by atoms with Crippen molar-refractivity contribution in [2.45, 2.75) is 6.54 Å². The van der Waals surface area contributed by atoms with Crippen LogP contribution in [0.2, 0.25) is 0 Å². The van der Waals surface area contributed by atoms with E-state index < -0.39 is 0 Å². The fourth-order valence-corrected chi connectivity index (χ4v) is 3.05. The molecule has 1 fully saturated rings. The molecule has 132 valence electrons. The molecular weight excluding hydrogens is 386 g/mol. The first-order valence-corrected chi connectivity index (χ1v) is 8.86. The monoisotopic (exact) mass is 405 g/mol. The highest BCUT2D eigenvalue weighted by atomic mass is 79.9. The molecule has 1 amide bonds. The lowest BCUT2D eigenvalue weighted by atomic mass is 10.2. The topological polar surface area (TPSA) is 63.7 Å². The third-order valence-corrected chi connectivity index (χ3v) is 4.71. The van der Waals surface area contributed by atoms with Crippen molar-refractivity contribution in [2.24, 2.45) is 0 Å². The second-order valence-corrected chi connectivity index (χ2v) is 6.50. The van der Waals surface area contributed by atoms with Crippen LogP contribution in [-0.2, 0) is 11.3 Å². The van der Waals surface area contributed by atoms with Crippen LogP contribution in [0.1, 0.15) is 15.9 Å². The summed E-state index contributed by atoms with van der Waals surface area (Å²) in [4.78, 5) is 19.1. The zero-order valence-electron chi connectivity index (χ0n) is 14.0. The second kappa shape index (κ2) is 8.31. The summed E-state index contributed by atoms with van der Waals surface area (Å²) in [6.45, 7) is 3.53. The van der Waals surface area contributed by atoms with Gasteiger partial charge in [0.25, 0.3) is 5.91 Å². The summed E-state index contributed by atoms with van der Waals surface area (Å²) >= 11 is 3.41. The van der Waals surface area contributed by atoms with E-state index in [-0.39, 0.29) is 5.91 Å². The smallest absolute Gasteiger partial charge is 0.252 e. The van der Waals surface area contributed by atoms with Crippen molar-refractivity contribution in [2.75, 3.05) is 38.3 Å². The zero-order chi connectivity index (χ0) is 17.6. The first-order valence-electron chi connectivity index (χ1n) is 8.07. The largest absolute Gasteiger partial charge is 0.497 e. The molecule has 0 radical (unpaired) electrons. The number of hydrogen-bond acceptors (Lipinski definition) is 5. The fourth-order valence-electron chi connectivity index (χ4n) is 2.62. The van der Waals surface area contributed by atoms with Crippen LogP contribution < -0.4 is 15.0 Å². The summed E-state index contributed by atoms with van der Waals surface area (Å²) in [6, 6.07) is 9.23. The molecule has 2 heterocycles. The molecule has 1 aliphatic heterocycles. The highest BCUT2D eigenvalue weighted by Gasteiger charge is 2.14. The average molecular weight is 406 g/mol. The Morgan fingerprint density at radius 1 is 1.32 bits per heavy atom. The van der Waals surface area contributed by atoms with Crippen LogP contribution >= 0.6 is 15.9 Å². The van der Waals surface area contributed by atoms with Crippen LogP contribution in [0.4, 0.5) is 5.82 Å². The number of carbonyl (C=O) groups excluding carboxylic acids is 1. The van der Waals surface area contributed by atoms with E-state index in [1.807, 2.05) is 12.1 Å². The van der Waals surface area contributed by atoms with Crippen molar-refractivity contribution >= 4 is 27.7 Å². The maximum absolute atomic E-state index is 12.5. The number of nitrogens with zero attached hydrogens (tertiary/aromatic N) is 2. The van der Waals surface area contributed by atoms with Gasteiger partial charge in [-0.1, -0.05) is 0 Å². The summed E-state index contributed by atoms with van der Waals surface area (Å²) in [7, 11) is 1.58. The van der Waals surface area contributed by atoms with E-state index in [2.05, 4.69) is 31.1 Å². The second-order valence-electron chi connectivity index (χ2n) is 5.65. The standard InChI is InChI=1S/C18H20BrN3O3/c1-24-14-2-3-16(19)15(11-14)18(23)21-12-13-4-5-20-17(10-13)22-6-8-25-9-7-22/h2-5,10-11H,6-9,12H2,1H3,(H,21,23). The SMILES string of the molecule is COc1ccc(Br)c(C(=O)NCc2ccnc(N3CCOCC3)c2)c1. The number of amides is 1. The molecule has 2 aromatic rings. The molecule has 0 unspecified atom stereocenters. The van der Waals surface area contributed by atoms with Gasteiger partial charge in [-0.2, -0.15) is 0 Å². The van der Waals surface area contributed by atoms with Crippen molar-refractivity contribution in [1.82, 2.24) is 10.3 Å². The highest BCUT2D eigenvalue weighted by molar-refractivity contribution is 9.10. The number of nitrogens with one attached hydrogen (secondary N) is 1. The molecule has 0 saturated carbocycles. The number of pyridine rings is 1. The molecule has 0 bridgehead atoms. The molecule has 1 aromatic carbocycles. The van der Waals surface area contributed by atoms with Gasteiger partial charge in [0, 0.05) is 30.3 Å². The lowest BCUT2D eigenvalue weighted by Gasteiger charge is -2.28. The van der Waals surface area contributed by atoms with Crippen LogP contribution in [0.5, 0.6) is 5.75 Å². The number of carbonyl (C=O) groups is 1. The molecule has 7 heteroatoms. The molecule has 1 N–H and O–H groups in total. The molecule has 1 saturated heterocycles. The van der Waals surface area contributed by atoms with Gasteiger partial charge >= 0.3 is 0 Å². The van der Waals surface area contributed by atoms with Gasteiger partial charge < -0.3 is 19.7 Å². The van der Waals surface area contributed by atoms with Gasteiger partial charge in [-0.25, -0.2) is 4.98 Å². The first-order chi connectivity index (χ1) is 12.2. The molecule has 1 aromatic heterocycles. The predicted molar refractivity (Wildman–Crippen MR) is 99.1 cm³/mol. The Morgan fingerprint density at radius 3 is 2.88 bits per heavy atom. The van der Waals surface area contributed by atoms with Gasteiger partial charge in [0.1, 0.15) is 11.6 Å². The van der Waals surface area contributed by atoms with Crippen LogP contribution in [0.25, 0.3) is 0 Å². The van der Waals surface area contributed by atoms with Crippen molar-refractivity contribution in [3.63, 3.8) is 0 Å². The number of aromatic nitrogens is 1. The Bertz CT molecular complexity index is 748. The molecule has 0 aliphatic carbocycles. The Hall–Kier alpha value is -2.12. The van der Waals surface area contributed by atoms with Crippen molar-refractivity contribution in [3.8, 4) is 5.75 Å². The molecule has 3 rings (SSSR count). The number of benzene rings is 1. The van der Waals surface area contributed by atoms with Gasteiger partial charge in [0.15, 0.2) is 0 Å². The lowest BCUT2D eigenvalue weighted by molar-refractivity contribution is 0.0949. The summed E-state index contributed by atoms with van der Waals surface area (Å²) in [5.41, 5.74) is 1.55. The van der Waals surface area contributed by atoms with Crippen LogP contribution in [0.3, 0.4) is 0 Å². The van der Waals surface area contributed by atoms with E-state index in [4.69, 9.17) is 9.47 Å². The van der Waals surface area contributed by atoms with Crippen molar-refractivity contribution in [3.05, 3.63) is 52.1 Å². The Balaban J connectivity index is 1.66. The first kappa shape index (κ1) is 17.7. The van der Waals surface area contributed by atoms with Crippen LogP contribution in [0, 0.1) is 0 Å². The molecular formula is C18H20BrN3O3. The van der Waals surface area contributed by atoms with E-state index >= 15 is 0 Å². The molecule has 25 heavy (non-hydrogen) atoms. The summed E-state index contributed by atoms with van der Waals surface area (Å²) < 4.78 is 11.3. The summed E-state index contributed by atoms with van der Waals surface area (Å²) in [5.74, 6) is 1.40. The van der Waals surface area contributed by atoms with Crippen LogP contribution in [0.15, 0.2) is 41.0 Å². The minimum atomic E-state index is -0.157. The third-order valence-electron chi connectivity index (χ3n) is 4.02. The predicted octanol–water partition coefficient (Wildman–Crippen LogP) is 2.62. The maximum Gasteiger partial charge on any atom is 0.252 e. The number of anilines is 1. The number of halogens is 1. The summed E-state index contributed by atoms with van der Waals surface area (Å²) in [6.07, 6.45) is 1.77. The number of rotatable bonds is 5. The van der Waals surface area contributed by atoms with Gasteiger partial charge in [-0.15, -0.1) is 0 Å². The van der Waals surface area contributed by atoms with Crippen molar-refractivity contribution in [1.29, 1.82) is 0 Å². The minimum absolute atomic E-state index is 0.157. The number of ether oxygens (including phenoxy) is 2.